The summed E-state index contributed by atoms with van der Waals surface area (Å²) in [5, 5.41) is 12.4. The highest BCUT2D eigenvalue weighted by molar-refractivity contribution is 7.89. The molecule has 0 spiro atoms. The zero-order valence-corrected chi connectivity index (χ0v) is 21.7. The van der Waals surface area contributed by atoms with Gasteiger partial charge in [-0.15, -0.1) is 5.10 Å². The Morgan fingerprint density at radius 1 is 1.11 bits per heavy atom. The van der Waals surface area contributed by atoms with E-state index in [9.17, 15) is 17.6 Å². The molecule has 0 amide bonds. The molecule has 1 aromatic carbocycles. The van der Waals surface area contributed by atoms with Crippen LogP contribution in [-0.4, -0.2) is 61.4 Å². The molecule has 38 heavy (non-hydrogen) atoms. The molecule has 0 saturated carbocycles. The minimum atomic E-state index is -3.88. The smallest absolute Gasteiger partial charge is 0.264 e. The number of hydrogen-bond acceptors (Lipinski definition) is 7. The third kappa shape index (κ3) is 4.13. The molecule has 4 heterocycles. The van der Waals surface area contributed by atoms with Gasteiger partial charge in [-0.05, 0) is 73.6 Å². The van der Waals surface area contributed by atoms with Gasteiger partial charge in [0.05, 0.1) is 24.0 Å². The number of benzene rings is 1. The summed E-state index contributed by atoms with van der Waals surface area (Å²) in [7, 11) is -2.31. The number of piperidine rings is 1. The maximum absolute atomic E-state index is 14.0. The number of nitrogens with zero attached hydrogens (tertiary/aromatic N) is 7. The number of carbonyl (C=O) groups excluding carboxylic acids is 1. The van der Waals surface area contributed by atoms with E-state index in [1.807, 2.05) is 13.0 Å². The Morgan fingerprint density at radius 3 is 2.61 bits per heavy atom. The molecular weight excluding hydrogens is 509 g/mol. The van der Waals surface area contributed by atoms with Crippen LogP contribution < -0.4 is 0 Å². The van der Waals surface area contributed by atoms with Crippen LogP contribution in [0.2, 0.25) is 0 Å². The Balaban J connectivity index is 1.42. The second-order valence-electron chi connectivity index (χ2n) is 9.95. The number of aryl methyl sites for hydroxylation is 2. The number of ketones is 1. The summed E-state index contributed by atoms with van der Waals surface area (Å²) in [4.78, 5) is 19.6. The molecule has 0 N–H and O–H groups in total. The van der Waals surface area contributed by atoms with E-state index in [0.29, 0.717) is 30.8 Å². The van der Waals surface area contributed by atoms with E-state index in [4.69, 9.17) is 0 Å². The molecule has 0 radical (unpaired) electrons. The highest BCUT2D eigenvalue weighted by Gasteiger charge is 2.48. The SMILES string of the molecule is Cc1ccnc(C(=O)[C@@H]2c3cnn(-c4ccc(F)cc4)c3C[C@@H]3CCN(S(=O)(=O)c4cnn(C)n4)CC32)c1. The first kappa shape index (κ1) is 24.6. The van der Waals surface area contributed by atoms with Gasteiger partial charge in [-0.3, -0.25) is 9.78 Å². The van der Waals surface area contributed by atoms with Crippen LogP contribution >= 0.6 is 0 Å². The first-order valence-electron chi connectivity index (χ1n) is 12.4. The number of halogens is 1. The first-order chi connectivity index (χ1) is 18.2. The van der Waals surface area contributed by atoms with Gasteiger partial charge in [0.15, 0.2) is 5.78 Å². The van der Waals surface area contributed by atoms with Crippen molar-refractivity contribution in [2.24, 2.45) is 18.9 Å². The van der Waals surface area contributed by atoms with Crippen molar-refractivity contribution in [1.29, 1.82) is 0 Å². The zero-order chi connectivity index (χ0) is 26.6. The Labute approximate surface area is 219 Å². The van der Waals surface area contributed by atoms with Gasteiger partial charge in [0.1, 0.15) is 11.5 Å². The highest BCUT2D eigenvalue weighted by atomic mass is 32.2. The van der Waals surface area contributed by atoms with Crippen LogP contribution in [0, 0.1) is 24.6 Å². The van der Waals surface area contributed by atoms with Crippen LogP contribution in [0.3, 0.4) is 0 Å². The number of rotatable bonds is 5. The average Bonchev–Trinajstić information content (AvgIpc) is 3.54. The molecule has 0 bridgehead atoms. The number of sulfonamides is 1. The van der Waals surface area contributed by atoms with Gasteiger partial charge in [-0.1, -0.05) is 0 Å². The Kier molecular flexibility index (Phi) is 5.95. The molecule has 1 aliphatic heterocycles. The summed E-state index contributed by atoms with van der Waals surface area (Å²) in [6.07, 6.45) is 5.73. The minimum absolute atomic E-state index is 0.0467. The monoisotopic (exact) mass is 535 g/mol. The van der Waals surface area contributed by atoms with Crippen LogP contribution in [-0.2, 0) is 23.5 Å². The lowest BCUT2D eigenvalue weighted by molar-refractivity contribution is 0.0809. The third-order valence-corrected chi connectivity index (χ3v) is 9.32. The molecular formula is C26H26FN7O3S. The summed E-state index contributed by atoms with van der Waals surface area (Å²) in [5.41, 5.74) is 3.59. The number of hydrogen-bond donors (Lipinski definition) is 0. The topological polar surface area (TPSA) is 116 Å². The molecule has 12 heteroatoms. The average molecular weight is 536 g/mol. The molecule has 6 rings (SSSR count). The highest BCUT2D eigenvalue weighted by Crippen LogP contribution is 2.46. The zero-order valence-electron chi connectivity index (χ0n) is 20.9. The maximum Gasteiger partial charge on any atom is 0.264 e. The van der Waals surface area contributed by atoms with Crippen molar-refractivity contribution in [3.05, 3.63) is 83.3 Å². The maximum atomic E-state index is 14.0. The second-order valence-corrected chi connectivity index (χ2v) is 11.8. The van der Waals surface area contributed by atoms with Gasteiger partial charge in [0, 0.05) is 37.6 Å². The fourth-order valence-electron chi connectivity index (χ4n) is 5.73. The first-order valence-corrected chi connectivity index (χ1v) is 13.8. The molecule has 1 unspecified atom stereocenters. The standard InChI is InChI=1S/C26H26FN7O3S/c1-16-7-9-28-22(11-16)26(35)25-20-13-30-34(19-5-3-18(27)4-6-19)23(20)12-17-8-10-33(15-21(17)25)38(36,37)24-14-29-32(2)31-24/h3-7,9,11,13-14,17,21,25H,8,10,12,15H2,1-2H3/t17-,21?,25+/m0/s1. The van der Waals surface area contributed by atoms with E-state index in [-0.39, 0.29) is 35.0 Å². The lowest BCUT2D eigenvalue weighted by Gasteiger charge is -2.44. The molecule has 2 aliphatic rings. The van der Waals surface area contributed by atoms with Gasteiger partial charge in [-0.25, -0.2) is 17.5 Å². The predicted octanol–water partition coefficient (Wildman–Crippen LogP) is 2.69. The number of aromatic nitrogens is 6. The molecule has 196 valence electrons. The van der Waals surface area contributed by atoms with E-state index in [0.717, 1.165) is 16.8 Å². The van der Waals surface area contributed by atoms with Crippen molar-refractivity contribution in [3.8, 4) is 5.69 Å². The largest absolute Gasteiger partial charge is 0.292 e. The van der Waals surface area contributed by atoms with E-state index >= 15 is 0 Å². The van der Waals surface area contributed by atoms with E-state index in [1.165, 1.54) is 27.4 Å². The van der Waals surface area contributed by atoms with Gasteiger partial charge < -0.3 is 0 Å². The van der Waals surface area contributed by atoms with Gasteiger partial charge in [0.25, 0.3) is 10.0 Å². The summed E-state index contributed by atoms with van der Waals surface area (Å²) < 4.78 is 43.6. The minimum Gasteiger partial charge on any atom is -0.292 e. The van der Waals surface area contributed by atoms with Crippen molar-refractivity contribution >= 4 is 15.8 Å². The van der Waals surface area contributed by atoms with E-state index in [2.05, 4.69) is 20.3 Å². The normalized spacial score (nSPS) is 21.6. The van der Waals surface area contributed by atoms with E-state index < -0.39 is 15.9 Å². The Hall–Kier alpha value is -3.77. The molecule has 10 nitrogen and oxygen atoms in total. The second kappa shape index (κ2) is 9.21. The summed E-state index contributed by atoms with van der Waals surface area (Å²) in [6, 6.07) is 9.66. The molecule has 1 fully saturated rings. The van der Waals surface area contributed by atoms with Gasteiger partial charge >= 0.3 is 0 Å². The van der Waals surface area contributed by atoms with Crippen molar-refractivity contribution in [2.75, 3.05) is 13.1 Å². The molecule has 3 aromatic heterocycles. The lowest BCUT2D eigenvalue weighted by Crippen LogP contribution is -2.49. The number of carbonyl (C=O) groups is 1. The number of pyridine rings is 1. The van der Waals surface area contributed by atoms with Crippen molar-refractivity contribution in [3.63, 3.8) is 0 Å². The third-order valence-electron chi connectivity index (χ3n) is 7.59. The number of fused-ring (bicyclic) bond motifs is 2. The molecule has 1 saturated heterocycles. The molecule has 1 aliphatic carbocycles. The fraction of sp³-hybridized carbons (Fsp3) is 0.346. The Bertz CT molecular complexity index is 1630. The van der Waals surface area contributed by atoms with Gasteiger partial charge in [-0.2, -0.15) is 19.3 Å². The van der Waals surface area contributed by atoms with Crippen LogP contribution in [0.1, 0.15) is 39.6 Å². The van der Waals surface area contributed by atoms with Crippen LogP contribution in [0.15, 0.2) is 60.0 Å². The summed E-state index contributed by atoms with van der Waals surface area (Å²) >= 11 is 0. The quantitative estimate of drug-likeness (QED) is 0.361. The van der Waals surface area contributed by atoms with Crippen LogP contribution in [0.4, 0.5) is 4.39 Å². The molecule has 3 atom stereocenters. The number of Topliss-reactive ketones (excluding diaryl/α,β-unsaturated/α-hetero) is 1. The van der Waals surface area contributed by atoms with Crippen LogP contribution in [0.5, 0.6) is 0 Å². The van der Waals surface area contributed by atoms with E-state index in [1.54, 1.807) is 42.3 Å². The van der Waals surface area contributed by atoms with Crippen molar-refractivity contribution in [2.45, 2.75) is 30.7 Å². The van der Waals surface area contributed by atoms with Crippen LogP contribution in [0.25, 0.3) is 5.69 Å². The van der Waals surface area contributed by atoms with Gasteiger partial charge in [0.2, 0.25) is 5.03 Å². The summed E-state index contributed by atoms with van der Waals surface area (Å²) in [5.74, 6) is -1.37. The fourth-order valence-corrected chi connectivity index (χ4v) is 7.11. The summed E-state index contributed by atoms with van der Waals surface area (Å²) in [6.45, 7) is 2.38. The van der Waals surface area contributed by atoms with Crippen molar-refractivity contribution in [1.82, 2.24) is 34.1 Å². The molecule has 4 aromatic rings. The Morgan fingerprint density at radius 2 is 1.89 bits per heavy atom. The lowest BCUT2D eigenvalue weighted by atomic mass is 9.66. The predicted molar refractivity (Wildman–Crippen MR) is 135 cm³/mol. The van der Waals surface area contributed by atoms with Crippen molar-refractivity contribution < 1.29 is 17.6 Å².